The minimum atomic E-state index is -0.0918. The van der Waals surface area contributed by atoms with E-state index in [4.69, 9.17) is 4.98 Å². The zero-order valence-corrected chi connectivity index (χ0v) is 25.6. The Morgan fingerprint density at radius 2 is 1.53 bits per heavy atom. The molecule has 5 aromatic carbocycles. The molecule has 0 bridgehead atoms. The van der Waals surface area contributed by atoms with Crippen LogP contribution in [0, 0.1) is 0 Å². The molecule has 3 aliphatic rings. The molecule has 0 fully saturated rings. The van der Waals surface area contributed by atoms with Crippen LogP contribution in [0.2, 0.25) is 0 Å². The zero-order valence-electron chi connectivity index (χ0n) is 25.6. The Labute approximate surface area is 264 Å². The first kappa shape index (κ1) is 26.2. The molecule has 1 N–H and O–H groups in total. The van der Waals surface area contributed by atoms with Gasteiger partial charge in [-0.05, 0) is 67.6 Å². The van der Waals surface area contributed by atoms with Gasteiger partial charge >= 0.3 is 0 Å². The Bertz CT molecular complexity index is 2310. The van der Waals surface area contributed by atoms with Crippen LogP contribution in [0.15, 0.2) is 127 Å². The molecule has 6 aromatic rings. The van der Waals surface area contributed by atoms with Gasteiger partial charge in [-0.1, -0.05) is 135 Å². The smallest absolute Gasteiger partial charge is 0.0947 e. The predicted molar refractivity (Wildman–Crippen MR) is 189 cm³/mol. The molecule has 2 atom stereocenters. The number of aromatic nitrogens is 1. The van der Waals surface area contributed by atoms with Crippen molar-refractivity contribution in [2.45, 2.75) is 31.1 Å². The first-order chi connectivity index (χ1) is 22.1. The van der Waals surface area contributed by atoms with Crippen LogP contribution in [0.5, 0.6) is 0 Å². The fraction of sp³-hybridized carbons (Fsp3) is 0.140. The number of hydrogen-bond donors (Lipinski definition) is 1. The van der Waals surface area contributed by atoms with E-state index in [1.54, 1.807) is 5.57 Å². The van der Waals surface area contributed by atoms with Gasteiger partial charge in [0, 0.05) is 34.7 Å². The molecule has 0 radical (unpaired) electrons. The maximum absolute atomic E-state index is 5.18. The lowest BCUT2D eigenvalue weighted by molar-refractivity contribution is 0.670. The third kappa shape index (κ3) is 4.05. The summed E-state index contributed by atoms with van der Waals surface area (Å²) in [6.45, 7) is 5.68. The molecular formula is C43H34N2. The zero-order chi connectivity index (χ0) is 30.1. The summed E-state index contributed by atoms with van der Waals surface area (Å²) in [6, 6.07) is 44.8. The number of nitrogens with zero attached hydrogens (tertiary/aromatic N) is 1. The fourth-order valence-corrected chi connectivity index (χ4v) is 8.15. The van der Waals surface area contributed by atoms with Crippen molar-refractivity contribution < 1.29 is 0 Å². The van der Waals surface area contributed by atoms with E-state index < -0.39 is 0 Å². The molecule has 1 aromatic heterocycles. The quantitative estimate of drug-likeness (QED) is 0.227. The number of nitrogens with one attached hydrogen (secondary N) is 1. The SMILES string of the molecule is CC1(C)C2=c3ccccc3=CC(c3ccccc3)C2c2ccc(-c3cccc(-c4ccc5ccc6c(c5n4)NCC=C6)c3)cc21. The maximum Gasteiger partial charge on any atom is 0.0947 e. The number of hydrogen-bond acceptors (Lipinski definition) is 2. The molecule has 0 saturated heterocycles. The molecule has 2 aliphatic carbocycles. The van der Waals surface area contributed by atoms with Crippen LogP contribution in [-0.4, -0.2) is 11.5 Å². The summed E-state index contributed by atoms with van der Waals surface area (Å²) in [5.41, 5.74) is 13.7. The van der Waals surface area contributed by atoms with Gasteiger partial charge in [0.2, 0.25) is 0 Å². The summed E-state index contributed by atoms with van der Waals surface area (Å²) in [7, 11) is 0. The molecular weight excluding hydrogens is 544 g/mol. The lowest BCUT2D eigenvalue weighted by Gasteiger charge is -2.31. The molecule has 2 unspecified atom stereocenters. The lowest BCUT2D eigenvalue weighted by Crippen LogP contribution is -2.37. The van der Waals surface area contributed by atoms with Gasteiger partial charge in [0.15, 0.2) is 0 Å². The van der Waals surface area contributed by atoms with Crippen molar-refractivity contribution >= 4 is 34.3 Å². The van der Waals surface area contributed by atoms with Gasteiger partial charge in [0.1, 0.15) is 0 Å². The predicted octanol–water partition coefficient (Wildman–Crippen LogP) is 8.81. The van der Waals surface area contributed by atoms with E-state index in [9.17, 15) is 0 Å². The summed E-state index contributed by atoms with van der Waals surface area (Å²) < 4.78 is 0. The minimum absolute atomic E-state index is 0.0918. The maximum atomic E-state index is 5.18. The molecule has 2 nitrogen and oxygen atoms in total. The third-order valence-corrected chi connectivity index (χ3v) is 10.3. The first-order valence-corrected chi connectivity index (χ1v) is 16.0. The van der Waals surface area contributed by atoms with E-state index in [1.165, 1.54) is 43.8 Å². The summed E-state index contributed by atoms with van der Waals surface area (Å²) in [5.74, 6) is 0.629. The molecule has 0 spiro atoms. The molecule has 9 rings (SSSR count). The lowest BCUT2D eigenvalue weighted by atomic mass is 9.72. The number of anilines is 1. The fourth-order valence-electron chi connectivity index (χ4n) is 8.15. The van der Waals surface area contributed by atoms with Gasteiger partial charge in [-0.25, -0.2) is 4.98 Å². The Morgan fingerprint density at radius 3 is 2.44 bits per heavy atom. The summed E-state index contributed by atoms with van der Waals surface area (Å²) in [5, 5.41) is 7.44. The second-order valence-corrected chi connectivity index (χ2v) is 13.2. The van der Waals surface area contributed by atoms with Crippen LogP contribution in [0.25, 0.3) is 51.0 Å². The second kappa shape index (κ2) is 9.90. The Morgan fingerprint density at radius 1 is 0.733 bits per heavy atom. The molecule has 1 aliphatic heterocycles. The summed E-state index contributed by atoms with van der Waals surface area (Å²) in [6.07, 6.45) is 6.84. The summed E-state index contributed by atoms with van der Waals surface area (Å²) >= 11 is 0. The first-order valence-electron chi connectivity index (χ1n) is 16.0. The average molecular weight is 579 g/mol. The van der Waals surface area contributed by atoms with Crippen molar-refractivity contribution in [3.63, 3.8) is 0 Å². The highest BCUT2D eigenvalue weighted by Gasteiger charge is 2.46. The molecule has 2 heterocycles. The van der Waals surface area contributed by atoms with Gasteiger partial charge < -0.3 is 5.32 Å². The van der Waals surface area contributed by atoms with Crippen LogP contribution in [0.1, 0.15) is 47.9 Å². The third-order valence-electron chi connectivity index (χ3n) is 10.3. The van der Waals surface area contributed by atoms with Crippen molar-refractivity contribution in [2.24, 2.45) is 0 Å². The molecule has 216 valence electrons. The van der Waals surface area contributed by atoms with Crippen molar-refractivity contribution in [1.29, 1.82) is 0 Å². The van der Waals surface area contributed by atoms with E-state index in [-0.39, 0.29) is 5.41 Å². The van der Waals surface area contributed by atoms with Gasteiger partial charge in [-0.2, -0.15) is 0 Å². The average Bonchev–Trinajstić information content (AvgIpc) is 3.34. The second-order valence-electron chi connectivity index (χ2n) is 13.2. The number of rotatable bonds is 3. The van der Waals surface area contributed by atoms with Gasteiger partial charge in [-0.3, -0.25) is 0 Å². The number of benzene rings is 5. The molecule has 2 heteroatoms. The topological polar surface area (TPSA) is 24.9 Å². The van der Waals surface area contributed by atoms with Crippen molar-refractivity contribution in [3.05, 3.63) is 160 Å². The monoisotopic (exact) mass is 578 g/mol. The van der Waals surface area contributed by atoms with Crippen LogP contribution in [0.4, 0.5) is 5.69 Å². The molecule has 0 amide bonds. The Balaban J connectivity index is 1.16. The van der Waals surface area contributed by atoms with Crippen LogP contribution >= 0.6 is 0 Å². The van der Waals surface area contributed by atoms with Gasteiger partial charge in [0.05, 0.1) is 16.9 Å². The van der Waals surface area contributed by atoms with Crippen LogP contribution in [-0.2, 0) is 5.41 Å². The Kier molecular flexibility index (Phi) is 5.77. The van der Waals surface area contributed by atoms with Crippen LogP contribution < -0.4 is 15.8 Å². The highest BCUT2D eigenvalue weighted by Crippen LogP contribution is 2.57. The van der Waals surface area contributed by atoms with Crippen molar-refractivity contribution in [2.75, 3.05) is 11.9 Å². The number of fused-ring (bicyclic) bond motifs is 7. The summed E-state index contributed by atoms with van der Waals surface area (Å²) in [4.78, 5) is 5.18. The molecule has 0 saturated carbocycles. The van der Waals surface area contributed by atoms with Crippen molar-refractivity contribution in [3.8, 4) is 22.4 Å². The van der Waals surface area contributed by atoms with E-state index >= 15 is 0 Å². The normalized spacial score (nSPS) is 18.8. The van der Waals surface area contributed by atoms with E-state index in [0.29, 0.717) is 11.8 Å². The van der Waals surface area contributed by atoms with Gasteiger partial charge in [-0.15, -0.1) is 0 Å². The highest BCUT2D eigenvalue weighted by atomic mass is 14.9. The standard InChI is InChI=1S/C43H34N2/c1-43(2)37-26-31(19-21-35(37)39-36(27-10-4-3-5-11-27)25-32-12-6-7-16-34(32)40(39)43)30-13-8-14-33(24-30)38-22-20-29-18-17-28-15-9-23-44-41(28)42(29)45-38/h3-22,24-26,36,39,44H,23H2,1-2H3. The Hall–Kier alpha value is -5.21. The van der Waals surface area contributed by atoms with Gasteiger partial charge in [0.25, 0.3) is 0 Å². The minimum Gasteiger partial charge on any atom is -0.379 e. The van der Waals surface area contributed by atoms with E-state index in [0.717, 1.165) is 34.4 Å². The highest BCUT2D eigenvalue weighted by molar-refractivity contribution is 5.97. The largest absolute Gasteiger partial charge is 0.379 e. The van der Waals surface area contributed by atoms with Crippen LogP contribution in [0.3, 0.4) is 0 Å². The van der Waals surface area contributed by atoms with E-state index in [2.05, 4.69) is 159 Å². The van der Waals surface area contributed by atoms with Crippen molar-refractivity contribution in [1.82, 2.24) is 4.98 Å². The van der Waals surface area contributed by atoms with E-state index in [1.807, 2.05) is 0 Å². The molecule has 45 heavy (non-hydrogen) atoms. The number of pyridine rings is 1.